The van der Waals surface area contributed by atoms with Crippen molar-refractivity contribution >= 4 is 48.1 Å². The van der Waals surface area contributed by atoms with Gasteiger partial charge >= 0.3 is 0 Å². The van der Waals surface area contributed by atoms with E-state index in [9.17, 15) is 9.59 Å². The minimum absolute atomic E-state index is 0. The number of piperidine rings is 1. The minimum Gasteiger partial charge on any atom is -0.326 e. The molecule has 0 unspecified atom stereocenters. The lowest BCUT2D eigenvalue weighted by Gasteiger charge is -2.21. The van der Waals surface area contributed by atoms with Crippen LogP contribution in [-0.4, -0.2) is 29.9 Å². The highest BCUT2D eigenvalue weighted by atomic mass is 35.5. The number of halogens is 2. The average Bonchev–Trinajstić information content (AvgIpc) is 2.63. The van der Waals surface area contributed by atoms with Crippen LogP contribution in [0.1, 0.15) is 23.2 Å². The number of benzene rings is 1. The SMILES string of the molecule is Cl.Cl.O=C(Nc1ccccn1)c1cccc(NC(=O)C2CCNCC2)c1. The summed E-state index contributed by atoms with van der Waals surface area (Å²) in [5, 5.41) is 8.88. The second kappa shape index (κ2) is 10.8. The van der Waals surface area contributed by atoms with E-state index in [4.69, 9.17) is 0 Å². The summed E-state index contributed by atoms with van der Waals surface area (Å²) in [6, 6.07) is 12.2. The Labute approximate surface area is 165 Å². The number of aromatic nitrogens is 1. The van der Waals surface area contributed by atoms with Crippen LogP contribution >= 0.6 is 24.8 Å². The van der Waals surface area contributed by atoms with Crippen LogP contribution in [-0.2, 0) is 4.79 Å². The van der Waals surface area contributed by atoms with Crippen LogP contribution in [0.15, 0.2) is 48.7 Å². The molecule has 1 saturated heterocycles. The van der Waals surface area contributed by atoms with Gasteiger partial charge in [0, 0.05) is 23.4 Å². The molecule has 1 fully saturated rings. The monoisotopic (exact) mass is 396 g/mol. The summed E-state index contributed by atoms with van der Waals surface area (Å²) in [5.74, 6) is 0.273. The summed E-state index contributed by atoms with van der Waals surface area (Å²) < 4.78 is 0. The third-order valence-electron chi connectivity index (χ3n) is 4.01. The highest BCUT2D eigenvalue weighted by Gasteiger charge is 2.21. The van der Waals surface area contributed by atoms with Gasteiger partial charge in [0.1, 0.15) is 5.82 Å². The molecule has 0 saturated carbocycles. The lowest BCUT2D eigenvalue weighted by atomic mass is 9.97. The highest BCUT2D eigenvalue weighted by molar-refractivity contribution is 6.05. The fourth-order valence-corrected chi connectivity index (χ4v) is 2.69. The second-order valence-electron chi connectivity index (χ2n) is 5.76. The summed E-state index contributed by atoms with van der Waals surface area (Å²) in [5.41, 5.74) is 1.11. The van der Waals surface area contributed by atoms with Crippen LogP contribution in [0.3, 0.4) is 0 Å². The molecule has 0 bridgehead atoms. The number of amides is 2. The number of carbonyl (C=O) groups is 2. The summed E-state index contributed by atoms with van der Waals surface area (Å²) in [6.45, 7) is 1.73. The quantitative estimate of drug-likeness (QED) is 0.741. The molecule has 1 aliphatic rings. The first-order valence-electron chi connectivity index (χ1n) is 8.06. The van der Waals surface area contributed by atoms with Gasteiger partial charge in [0.25, 0.3) is 5.91 Å². The van der Waals surface area contributed by atoms with E-state index in [0.717, 1.165) is 25.9 Å². The van der Waals surface area contributed by atoms with Crippen molar-refractivity contribution in [3.8, 4) is 0 Å². The van der Waals surface area contributed by atoms with Gasteiger partial charge in [-0.1, -0.05) is 12.1 Å². The number of nitrogens with zero attached hydrogens (tertiary/aromatic N) is 1. The Morgan fingerprint density at radius 1 is 1.00 bits per heavy atom. The zero-order chi connectivity index (χ0) is 16.8. The normalized spacial score (nSPS) is 13.7. The van der Waals surface area contributed by atoms with E-state index in [0.29, 0.717) is 17.1 Å². The van der Waals surface area contributed by atoms with Crippen molar-refractivity contribution in [1.82, 2.24) is 10.3 Å². The van der Waals surface area contributed by atoms with Crippen molar-refractivity contribution in [1.29, 1.82) is 0 Å². The third kappa shape index (κ3) is 5.98. The Bertz CT molecular complexity index is 722. The summed E-state index contributed by atoms with van der Waals surface area (Å²) >= 11 is 0. The zero-order valence-electron chi connectivity index (χ0n) is 14.1. The van der Waals surface area contributed by atoms with Gasteiger partial charge in [-0.2, -0.15) is 0 Å². The molecule has 3 rings (SSSR count). The number of hydrogen-bond acceptors (Lipinski definition) is 4. The van der Waals surface area contributed by atoms with E-state index in [2.05, 4.69) is 20.9 Å². The molecular formula is C18H22Cl2N4O2. The van der Waals surface area contributed by atoms with Crippen molar-refractivity contribution in [3.05, 3.63) is 54.2 Å². The molecule has 8 heteroatoms. The van der Waals surface area contributed by atoms with E-state index in [1.54, 1.807) is 48.7 Å². The molecule has 0 aliphatic carbocycles. The number of nitrogens with one attached hydrogen (secondary N) is 3. The lowest BCUT2D eigenvalue weighted by molar-refractivity contribution is -0.120. The van der Waals surface area contributed by atoms with Gasteiger partial charge in [-0.15, -0.1) is 24.8 Å². The zero-order valence-corrected chi connectivity index (χ0v) is 15.7. The number of anilines is 2. The fourth-order valence-electron chi connectivity index (χ4n) is 2.69. The molecule has 140 valence electrons. The van der Waals surface area contributed by atoms with Crippen LogP contribution in [0.25, 0.3) is 0 Å². The Hall–Kier alpha value is -2.15. The third-order valence-corrected chi connectivity index (χ3v) is 4.01. The fraction of sp³-hybridized carbons (Fsp3) is 0.278. The van der Waals surface area contributed by atoms with Gasteiger partial charge in [-0.25, -0.2) is 4.98 Å². The van der Waals surface area contributed by atoms with Crippen LogP contribution in [0.4, 0.5) is 11.5 Å². The van der Waals surface area contributed by atoms with E-state index >= 15 is 0 Å². The molecule has 26 heavy (non-hydrogen) atoms. The predicted molar refractivity (Wildman–Crippen MR) is 107 cm³/mol. The Balaban J connectivity index is 0.00000169. The molecule has 1 aromatic heterocycles. The summed E-state index contributed by atoms with van der Waals surface area (Å²) in [7, 11) is 0. The largest absolute Gasteiger partial charge is 0.326 e. The van der Waals surface area contributed by atoms with Crippen LogP contribution in [0.2, 0.25) is 0 Å². The van der Waals surface area contributed by atoms with Crippen LogP contribution in [0, 0.1) is 5.92 Å². The Kier molecular flexibility index (Phi) is 9.05. The van der Waals surface area contributed by atoms with Crippen molar-refractivity contribution in [3.63, 3.8) is 0 Å². The minimum atomic E-state index is -0.258. The summed E-state index contributed by atoms with van der Waals surface area (Å²) in [6.07, 6.45) is 3.29. The van der Waals surface area contributed by atoms with Crippen LogP contribution in [0.5, 0.6) is 0 Å². The van der Waals surface area contributed by atoms with Crippen molar-refractivity contribution in [2.75, 3.05) is 23.7 Å². The van der Waals surface area contributed by atoms with Gasteiger partial charge < -0.3 is 16.0 Å². The Morgan fingerprint density at radius 3 is 2.46 bits per heavy atom. The predicted octanol–water partition coefficient (Wildman–Crippen LogP) is 3.12. The molecule has 3 N–H and O–H groups in total. The molecule has 2 aromatic rings. The maximum absolute atomic E-state index is 12.3. The molecule has 0 radical (unpaired) electrons. The highest BCUT2D eigenvalue weighted by Crippen LogP contribution is 2.17. The first kappa shape index (κ1) is 21.9. The van der Waals surface area contributed by atoms with E-state index in [1.807, 2.05) is 0 Å². The molecule has 1 aromatic carbocycles. The maximum Gasteiger partial charge on any atom is 0.256 e. The average molecular weight is 397 g/mol. The maximum atomic E-state index is 12.3. The number of pyridine rings is 1. The van der Waals surface area contributed by atoms with Crippen LogP contribution < -0.4 is 16.0 Å². The first-order valence-corrected chi connectivity index (χ1v) is 8.06. The lowest BCUT2D eigenvalue weighted by Crippen LogP contribution is -2.34. The van der Waals surface area contributed by atoms with Gasteiger partial charge in [-0.05, 0) is 56.3 Å². The molecular weight excluding hydrogens is 375 g/mol. The molecule has 2 amide bonds. The van der Waals surface area contributed by atoms with Crippen molar-refractivity contribution < 1.29 is 9.59 Å². The van der Waals surface area contributed by atoms with Gasteiger partial charge in [0.05, 0.1) is 0 Å². The van der Waals surface area contributed by atoms with E-state index in [-0.39, 0.29) is 42.5 Å². The van der Waals surface area contributed by atoms with E-state index in [1.165, 1.54) is 0 Å². The van der Waals surface area contributed by atoms with Crippen molar-refractivity contribution in [2.45, 2.75) is 12.8 Å². The summed E-state index contributed by atoms with van der Waals surface area (Å²) in [4.78, 5) is 28.6. The van der Waals surface area contributed by atoms with Gasteiger partial charge in [0.15, 0.2) is 0 Å². The second-order valence-corrected chi connectivity index (χ2v) is 5.76. The van der Waals surface area contributed by atoms with Crippen molar-refractivity contribution in [2.24, 2.45) is 5.92 Å². The number of hydrogen-bond donors (Lipinski definition) is 3. The molecule has 6 nitrogen and oxygen atoms in total. The van der Waals surface area contributed by atoms with Gasteiger partial charge in [-0.3, -0.25) is 9.59 Å². The standard InChI is InChI=1S/C18H20N4O2.2ClH/c23-17(13-7-10-19-11-8-13)21-15-5-3-4-14(12-15)18(24)22-16-6-1-2-9-20-16;;/h1-6,9,12-13,19H,7-8,10-11H2,(H,21,23)(H,20,22,24);2*1H. The van der Waals surface area contributed by atoms with Gasteiger partial charge in [0.2, 0.25) is 5.91 Å². The number of carbonyl (C=O) groups excluding carboxylic acids is 2. The smallest absolute Gasteiger partial charge is 0.256 e. The Morgan fingerprint density at radius 2 is 1.77 bits per heavy atom. The molecule has 0 spiro atoms. The number of rotatable bonds is 4. The topological polar surface area (TPSA) is 83.1 Å². The van der Waals surface area contributed by atoms with E-state index < -0.39 is 0 Å². The first-order chi connectivity index (χ1) is 11.7. The molecule has 0 atom stereocenters. The molecule has 1 aliphatic heterocycles. The molecule has 2 heterocycles.